The van der Waals surface area contributed by atoms with Crippen molar-refractivity contribution < 1.29 is 5.11 Å². The van der Waals surface area contributed by atoms with Crippen molar-refractivity contribution in [2.45, 2.75) is 39.3 Å². The third-order valence-corrected chi connectivity index (χ3v) is 2.35. The van der Waals surface area contributed by atoms with Gasteiger partial charge in [-0.15, -0.1) is 0 Å². The molecule has 0 saturated carbocycles. The van der Waals surface area contributed by atoms with Crippen molar-refractivity contribution in [3.63, 3.8) is 0 Å². The third kappa shape index (κ3) is 6.20. The Morgan fingerprint density at radius 1 is 1.37 bits per heavy atom. The van der Waals surface area contributed by atoms with Crippen molar-refractivity contribution in [3.8, 4) is 0 Å². The molecule has 19 heavy (non-hydrogen) atoms. The number of rotatable bonds is 4. The van der Waals surface area contributed by atoms with Crippen LogP contribution in [0.2, 0.25) is 0 Å². The lowest BCUT2D eigenvalue weighted by Gasteiger charge is -2.24. The van der Waals surface area contributed by atoms with E-state index in [1.165, 1.54) is 0 Å². The van der Waals surface area contributed by atoms with Gasteiger partial charge < -0.3 is 15.7 Å². The first-order chi connectivity index (χ1) is 8.92. The van der Waals surface area contributed by atoms with E-state index in [2.05, 4.69) is 41.4 Å². The molecule has 0 saturated heterocycles. The van der Waals surface area contributed by atoms with Gasteiger partial charge in [0.05, 0.1) is 12.6 Å². The van der Waals surface area contributed by atoms with Crippen LogP contribution in [0.3, 0.4) is 0 Å². The third-order valence-electron chi connectivity index (χ3n) is 2.35. The zero-order valence-corrected chi connectivity index (χ0v) is 12.1. The van der Waals surface area contributed by atoms with Crippen molar-refractivity contribution >= 4 is 5.96 Å². The summed E-state index contributed by atoms with van der Waals surface area (Å²) in [7, 11) is 0. The van der Waals surface area contributed by atoms with Gasteiger partial charge in [-0.05, 0) is 45.4 Å². The van der Waals surface area contributed by atoms with Crippen LogP contribution in [-0.4, -0.2) is 34.7 Å². The van der Waals surface area contributed by atoms with E-state index in [9.17, 15) is 5.11 Å². The first-order valence-corrected chi connectivity index (χ1v) is 6.57. The number of aliphatic hydroxyl groups is 1. The number of aliphatic hydroxyl groups excluding tert-OH is 1. The van der Waals surface area contributed by atoms with Crippen LogP contribution in [0.25, 0.3) is 0 Å². The average molecular weight is 264 g/mol. The first kappa shape index (κ1) is 15.4. The molecule has 0 spiro atoms. The van der Waals surface area contributed by atoms with E-state index in [1.807, 2.05) is 6.92 Å². The second-order valence-corrected chi connectivity index (χ2v) is 5.39. The van der Waals surface area contributed by atoms with Gasteiger partial charge in [-0.3, -0.25) is 9.98 Å². The van der Waals surface area contributed by atoms with Crippen LogP contribution in [0.5, 0.6) is 0 Å². The molecular weight excluding hydrogens is 240 g/mol. The molecular formula is C14H24N4O. The highest BCUT2D eigenvalue weighted by Crippen LogP contribution is 2.11. The molecule has 1 aromatic heterocycles. The van der Waals surface area contributed by atoms with Crippen molar-refractivity contribution in [1.82, 2.24) is 15.6 Å². The maximum atomic E-state index is 10.0. The summed E-state index contributed by atoms with van der Waals surface area (Å²) in [5.74, 6) is 0.711. The SMILES string of the molecule is CCNC(=NCC(O)c1ccncc1)NC(C)(C)C. The second-order valence-electron chi connectivity index (χ2n) is 5.39. The first-order valence-electron chi connectivity index (χ1n) is 6.57. The molecule has 3 N–H and O–H groups in total. The maximum Gasteiger partial charge on any atom is 0.191 e. The smallest absolute Gasteiger partial charge is 0.191 e. The summed E-state index contributed by atoms with van der Waals surface area (Å²) in [5.41, 5.74) is 0.758. The largest absolute Gasteiger partial charge is 0.386 e. The number of hydrogen-bond acceptors (Lipinski definition) is 3. The fourth-order valence-corrected chi connectivity index (χ4v) is 1.53. The molecule has 0 bridgehead atoms. The van der Waals surface area contributed by atoms with Gasteiger partial charge in [0.25, 0.3) is 0 Å². The lowest BCUT2D eigenvalue weighted by atomic mass is 10.1. The van der Waals surface area contributed by atoms with E-state index in [-0.39, 0.29) is 5.54 Å². The fourth-order valence-electron chi connectivity index (χ4n) is 1.53. The Morgan fingerprint density at radius 3 is 2.53 bits per heavy atom. The lowest BCUT2D eigenvalue weighted by molar-refractivity contribution is 0.187. The van der Waals surface area contributed by atoms with Gasteiger partial charge in [-0.1, -0.05) is 0 Å². The number of aromatic nitrogens is 1. The van der Waals surface area contributed by atoms with Gasteiger partial charge in [0.2, 0.25) is 0 Å². The van der Waals surface area contributed by atoms with E-state index in [0.717, 1.165) is 12.1 Å². The van der Waals surface area contributed by atoms with Crippen molar-refractivity contribution in [1.29, 1.82) is 0 Å². The highest BCUT2D eigenvalue weighted by molar-refractivity contribution is 5.80. The number of guanidine groups is 1. The standard InChI is InChI=1S/C14H24N4O/c1-5-16-13(18-14(2,3)4)17-10-12(19)11-6-8-15-9-7-11/h6-9,12,19H,5,10H2,1-4H3,(H2,16,17,18). The summed E-state index contributed by atoms with van der Waals surface area (Å²) < 4.78 is 0. The summed E-state index contributed by atoms with van der Waals surface area (Å²) in [6.07, 6.45) is 2.72. The van der Waals surface area contributed by atoms with Gasteiger partial charge in [0.15, 0.2) is 5.96 Å². The summed E-state index contributed by atoms with van der Waals surface area (Å²) in [4.78, 5) is 8.33. The van der Waals surface area contributed by atoms with Gasteiger partial charge >= 0.3 is 0 Å². The highest BCUT2D eigenvalue weighted by atomic mass is 16.3. The summed E-state index contributed by atoms with van der Waals surface area (Å²) >= 11 is 0. The molecule has 0 aromatic carbocycles. The minimum absolute atomic E-state index is 0.0668. The van der Waals surface area contributed by atoms with E-state index in [4.69, 9.17) is 0 Å². The zero-order chi connectivity index (χ0) is 14.3. The van der Waals surface area contributed by atoms with Crippen LogP contribution in [0.1, 0.15) is 39.4 Å². The quantitative estimate of drug-likeness (QED) is 0.569. The van der Waals surface area contributed by atoms with Gasteiger partial charge in [-0.2, -0.15) is 0 Å². The molecule has 1 aromatic rings. The molecule has 1 atom stereocenters. The van der Waals surface area contributed by atoms with E-state index in [1.54, 1.807) is 24.5 Å². The van der Waals surface area contributed by atoms with Gasteiger partial charge in [0, 0.05) is 24.5 Å². The Balaban J connectivity index is 2.65. The van der Waals surface area contributed by atoms with E-state index >= 15 is 0 Å². The predicted molar refractivity (Wildman–Crippen MR) is 78.1 cm³/mol. The maximum absolute atomic E-state index is 10.0. The Kier molecular flexibility index (Phi) is 5.76. The van der Waals surface area contributed by atoms with Crippen LogP contribution in [-0.2, 0) is 0 Å². The molecule has 1 unspecified atom stereocenters. The van der Waals surface area contributed by atoms with Crippen molar-refractivity contribution in [2.75, 3.05) is 13.1 Å². The number of pyridine rings is 1. The molecule has 0 amide bonds. The molecule has 0 radical (unpaired) electrons. The molecule has 5 heteroatoms. The molecule has 1 heterocycles. The monoisotopic (exact) mass is 264 g/mol. The molecule has 0 aliphatic rings. The number of nitrogens with one attached hydrogen (secondary N) is 2. The summed E-state index contributed by atoms with van der Waals surface area (Å²) in [6, 6.07) is 3.59. The topological polar surface area (TPSA) is 69.5 Å². The number of hydrogen-bond donors (Lipinski definition) is 3. The Hall–Kier alpha value is -1.62. The Bertz CT molecular complexity index is 398. The predicted octanol–water partition coefficient (Wildman–Crippen LogP) is 1.47. The fraction of sp³-hybridized carbons (Fsp3) is 0.571. The van der Waals surface area contributed by atoms with E-state index in [0.29, 0.717) is 12.5 Å². The molecule has 1 rings (SSSR count). The molecule has 106 valence electrons. The minimum Gasteiger partial charge on any atom is -0.386 e. The van der Waals surface area contributed by atoms with Crippen molar-refractivity contribution in [2.24, 2.45) is 4.99 Å². The summed E-state index contributed by atoms with van der Waals surface area (Å²) in [5, 5.41) is 16.5. The van der Waals surface area contributed by atoms with Crippen LogP contribution >= 0.6 is 0 Å². The van der Waals surface area contributed by atoms with Gasteiger partial charge in [-0.25, -0.2) is 0 Å². The van der Waals surface area contributed by atoms with Crippen molar-refractivity contribution in [3.05, 3.63) is 30.1 Å². The lowest BCUT2D eigenvalue weighted by Crippen LogP contribution is -2.47. The Labute approximate surface area is 115 Å². The number of aliphatic imine (C=N–C) groups is 1. The molecule has 5 nitrogen and oxygen atoms in total. The van der Waals surface area contributed by atoms with Crippen LogP contribution in [0.15, 0.2) is 29.5 Å². The van der Waals surface area contributed by atoms with Crippen LogP contribution in [0.4, 0.5) is 0 Å². The minimum atomic E-state index is -0.613. The normalized spacial score (nSPS) is 14.1. The Morgan fingerprint density at radius 2 is 2.00 bits per heavy atom. The molecule has 0 aliphatic heterocycles. The second kappa shape index (κ2) is 7.09. The van der Waals surface area contributed by atoms with Gasteiger partial charge in [0.1, 0.15) is 0 Å². The molecule has 0 fully saturated rings. The highest BCUT2D eigenvalue weighted by Gasteiger charge is 2.12. The zero-order valence-electron chi connectivity index (χ0n) is 12.1. The average Bonchev–Trinajstić information content (AvgIpc) is 2.35. The van der Waals surface area contributed by atoms with Crippen LogP contribution < -0.4 is 10.6 Å². The van der Waals surface area contributed by atoms with E-state index < -0.39 is 6.10 Å². The summed E-state index contributed by atoms with van der Waals surface area (Å²) in [6.45, 7) is 9.32. The van der Waals surface area contributed by atoms with Crippen LogP contribution in [0, 0.1) is 0 Å². The number of nitrogens with zero attached hydrogens (tertiary/aromatic N) is 2. The molecule has 0 aliphatic carbocycles.